The van der Waals surface area contributed by atoms with Crippen LogP contribution in [0.25, 0.3) is 0 Å². The summed E-state index contributed by atoms with van der Waals surface area (Å²) >= 11 is 0. The molecule has 1 spiro atoms. The maximum atomic E-state index is 13.0. The number of fused-ring (bicyclic) bond motifs is 1. The molecule has 2 saturated heterocycles. The summed E-state index contributed by atoms with van der Waals surface area (Å²) in [4.78, 5) is 38.4. The quantitative estimate of drug-likeness (QED) is 0.656. The first kappa shape index (κ1) is 19.7. The molecule has 0 aromatic heterocycles. The van der Waals surface area contributed by atoms with Crippen molar-refractivity contribution in [2.45, 2.75) is 82.1 Å². The number of piperidine rings is 1. The number of rotatable bonds is 4. The van der Waals surface area contributed by atoms with Gasteiger partial charge in [-0.25, -0.2) is 0 Å². The summed E-state index contributed by atoms with van der Waals surface area (Å²) in [5.74, 6) is -0.719. The van der Waals surface area contributed by atoms with Crippen LogP contribution in [0.3, 0.4) is 0 Å². The predicted octanol–water partition coefficient (Wildman–Crippen LogP) is 1.60. The van der Waals surface area contributed by atoms with Crippen LogP contribution in [0.2, 0.25) is 0 Å². The molecular formula is C23H30N4O3. The van der Waals surface area contributed by atoms with Gasteiger partial charge in [0.15, 0.2) is 0 Å². The first-order valence-electron chi connectivity index (χ1n) is 11.3. The van der Waals surface area contributed by atoms with E-state index in [4.69, 9.17) is 0 Å². The van der Waals surface area contributed by atoms with Gasteiger partial charge in [0.05, 0.1) is 0 Å². The number of imide groups is 1. The summed E-state index contributed by atoms with van der Waals surface area (Å²) in [5, 5.41) is 9.95. The number of benzene rings is 1. The Kier molecular flexibility index (Phi) is 5.11. The Morgan fingerprint density at radius 2 is 1.93 bits per heavy atom. The second-order valence-electron chi connectivity index (χ2n) is 9.21. The molecule has 0 radical (unpaired) electrons. The number of carbonyl (C=O) groups is 3. The van der Waals surface area contributed by atoms with Crippen molar-refractivity contribution in [3.05, 3.63) is 34.9 Å². The molecule has 7 heteroatoms. The molecule has 2 unspecified atom stereocenters. The molecule has 160 valence electrons. The van der Waals surface area contributed by atoms with Gasteiger partial charge < -0.3 is 15.5 Å². The van der Waals surface area contributed by atoms with Crippen LogP contribution in [0.15, 0.2) is 18.2 Å². The molecule has 4 aliphatic rings. The molecular weight excluding hydrogens is 380 g/mol. The Morgan fingerprint density at radius 1 is 1.10 bits per heavy atom. The number of amides is 3. The third-order valence-electron chi connectivity index (χ3n) is 7.54. The highest BCUT2D eigenvalue weighted by molar-refractivity contribution is 6.05. The highest BCUT2D eigenvalue weighted by Gasteiger charge is 2.43. The van der Waals surface area contributed by atoms with Gasteiger partial charge in [0.25, 0.3) is 5.91 Å². The predicted molar refractivity (Wildman–Crippen MR) is 112 cm³/mol. The Morgan fingerprint density at radius 3 is 2.73 bits per heavy atom. The fourth-order valence-electron chi connectivity index (χ4n) is 5.92. The third kappa shape index (κ3) is 3.34. The smallest absolute Gasteiger partial charge is 0.255 e. The summed E-state index contributed by atoms with van der Waals surface area (Å²) in [6.07, 6.45) is 8.20. The average molecular weight is 411 g/mol. The first-order valence-corrected chi connectivity index (χ1v) is 11.3. The van der Waals surface area contributed by atoms with Crippen LogP contribution in [-0.2, 0) is 22.7 Å². The van der Waals surface area contributed by atoms with E-state index in [1.165, 1.54) is 32.1 Å². The number of nitrogens with zero attached hydrogens (tertiary/aromatic N) is 1. The number of nitrogens with one attached hydrogen (secondary N) is 3. The standard InChI is InChI=1S/C23H30N4O3/c28-20-8-7-18(21(29)26-20)27-14-17-15(5-4-6-16(17)22(27)30)13-24-19-9-12-25-23(19)10-2-1-3-11-23/h4-6,18-19,24-25H,1-3,7-14H2,(H,26,28,29). The Labute approximate surface area is 177 Å². The minimum atomic E-state index is -0.562. The molecule has 3 amide bonds. The summed E-state index contributed by atoms with van der Waals surface area (Å²) in [5.41, 5.74) is 3.07. The lowest BCUT2D eigenvalue weighted by molar-refractivity contribution is -0.136. The number of hydrogen-bond acceptors (Lipinski definition) is 5. The van der Waals surface area contributed by atoms with E-state index in [1.807, 2.05) is 12.1 Å². The molecule has 2 atom stereocenters. The topological polar surface area (TPSA) is 90.5 Å². The molecule has 1 saturated carbocycles. The molecule has 3 aliphatic heterocycles. The lowest BCUT2D eigenvalue weighted by Crippen LogP contribution is -2.54. The van der Waals surface area contributed by atoms with E-state index in [9.17, 15) is 14.4 Å². The second kappa shape index (κ2) is 7.78. The number of hydrogen-bond donors (Lipinski definition) is 3. The summed E-state index contributed by atoms with van der Waals surface area (Å²) < 4.78 is 0. The highest BCUT2D eigenvalue weighted by Crippen LogP contribution is 2.36. The van der Waals surface area contributed by atoms with Gasteiger partial charge in [0.1, 0.15) is 6.04 Å². The zero-order valence-electron chi connectivity index (χ0n) is 17.3. The fourth-order valence-corrected chi connectivity index (χ4v) is 5.92. The summed E-state index contributed by atoms with van der Waals surface area (Å²) in [6, 6.07) is 5.77. The Balaban J connectivity index is 1.31. The van der Waals surface area contributed by atoms with Crippen molar-refractivity contribution in [2.75, 3.05) is 6.54 Å². The maximum absolute atomic E-state index is 13.0. The minimum Gasteiger partial charge on any atom is -0.322 e. The summed E-state index contributed by atoms with van der Waals surface area (Å²) in [6.45, 7) is 2.23. The van der Waals surface area contributed by atoms with Gasteiger partial charge >= 0.3 is 0 Å². The zero-order valence-corrected chi connectivity index (χ0v) is 17.3. The molecule has 3 fully saturated rings. The van der Waals surface area contributed by atoms with Crippen molar-refractivity contribution in [1.82, 2.24) is 20.9 Å². The highest BCUT2D eigenvalue weighted by atomic mass is 16.2. The van der Waals surface area contributed by atoms with Gasteiger partial charge in [0.2, 0.25) is 11.8 Å². The monoisotopic (exact) mass is 410 g/mol. The van der Waals surface area contributed by atoms with Crippen LogP contribution < -0.4 is 16.0 Å². The molecule has 1 aromatic carbocycles. The van der Waals surface area contributed by atoms with Gasteiger partial charge in [-0.3, -0.25) is 19.7 Å². The van der Waals surface area contributed by atoms with Crippen molar-refractivity contribution in [1.29, 1.82) is 0 Å². The normalized spacial score (nSPS) is 28.1. The lowest BCUT2D eigenvalue weighted by atomic mass is 9.77. The third-order valence-corrected chi connectivity index (χ3v) is 7.54. The molecule has 5 rings (SSSR count). The van der Waals surface area contributed by atoms with Crippen molar-refractivity contribution in [3.8, 4) is 0 Å². The van der Waals surface area contributed by atoms with Gasteiger partial charge in [-0.2, -0.15) is 0 Å². The van der Waals surface area contributed by atoms with Crippen molar-refractivity contribution < 1.29 is 14.4 Å². The van der Waals surface area contributed by atoms with E-state index in [-0.39, 0.29) is 29.7 Å². The van der Waals surface area contributed by atoms with Crippen LogP contribution in [0.4, 0.5) is 0 Å². The van der Waals surface area contributed by atoms with Gasteiger partial charge in [-0.1, -0.05) is 31.4 Å². The molecule has 1 aliphatic carbocycles. The molecule has 7 nitrogen and oxygen atoms in total. The van der Waals surface area contributed by atoms with E-state index in [0.717, 1.165) is 30.6 Å². The average Bonchev–Trinajstić information content (AvgIpc) is 3.28. The van der Waals surface area contributed by atoms with Crippen LogP contribution in [0.1, 0.15) is 72.9 Å². The fraction of sp³-hybridized carbons (Fsp3) is 0.609. The van der Waals surface area contributed by atoms with E-state index >= 15 is 0 Å². The minimum absolute atomic E-state index is 0.104. The maximum Gasteiger partial charge on any atom is 0.255 e. The van der Waals surface area contributed by atoms with Crippen LogP contribution in [0, 0.1) is 0 Å². The Hall–Kier alpha value is -2.25. The van der Waals surface area contributed by atoms with Crippen molar-refractivity contribution in [2.24, 2.45) is 0 Å². The van der Waals surface area contributed by atoms with E-state index in [2.05, 4.69) is 22.0 Å². The van der Waals surface area contributed by atoms with Crippen LogP contribution in [0.5, 0.6) is 0 Å². The van der Waals surface area contributed by atoms with Gasteiger partial charge in [-0.05, 0) is 49.4 Å². The largest absolute Gasteiger partial charge is 0.322 e. The molecule has 30 heavy (non-hydrogen) atoms. The van der Waals surface area contributed by atoms with Crippen LogP contribution >= 0.6 is 0 Å². The SMILES string of the molecule is O=C1CCC(N2Cc3c(CNC4CCNC45CCCCC5)cccc3C2=O)C(=O)N1. The Bertz CT molecular complexity index is 877. The second-order valence-corrected chi connectivity index (χ2v) is 9.21. The van der Waals surface area contributed by atoms with E-state index in [1.54, 1.807) is 4.90 Å². The van der Waals surface area contributed by atoms with Crippen molar-refractivity contribution >= 4 is 17.7 Å². The lowest BCUT2D eigenvalue weighted by Gasteiger charge is -2.39. The first-order chi connectivity index (χ1) is 14.6. The molecule has 3 heterocycles. The molecule has 0 bridgehead atoms. The van der Waals surface area contributed by atoms with Crippen molar-refractivity contribution in [3.63, 3.8) is 0 Å². The van der Waals surface area contributed by atoms with E-state index < -0.39 is 6.04 Å². The van der Waals surface area contributed by atoms with Gasteiger partial charge in [0, 0.05) is 36.7 Å². The van der Waals surface area contributed by atoms with Crippen LogP contribution in [-0.4, -0.2) is 46.8 Å². The number of carbonyl (C=O) groups excluding carboxylic acids is 3. The zero-order chi connectivity index (χ0) is 20.7. The molecule has 3 N–H and O–H groups in total. The molecule has 1 aromatic rings. The summed E-state index contributed by atoms with van der Waals surface area (Å²) in [7, 11) is 0. The van der Waals surface area contributed by atoms with Gasteiger partial charge in [-0.15, -0.1) is 0 Å². The van der Waals surface area contributed by atoms with E-state index in [0.29, 0.717) is 24.6 Å².